The molecule has 0 spiro atoms. The van der Waals surface area contributed by atoms with Gasteiger partial charge in [-0.15, -0.1) is 0 Å². The van der Waals surface area contributed by atoms with E-state index in [4.69, 9.17) is 5.11 Å². The molecule has 0 aliphatic carbocycles. The Bertz CT molecular complexity index is 181. The Morgan fingerprint density at radius 1 is 1.73 bits per heavy atom. The average Bonchev–Trinajstić information content (AvgIpc) is 2.30. The number of likely N-dealkylation sites (tertiary alicyclic amines) is 1. The summed E-state index contributed by atoms with van der Waals surface area (Å²) in [6, 6.07) is -0.539. The molecule has 4 nitrogen and oxygen atoms in total. The van der Waals surface area contributed by atoms with E-state index < -0.39 is 12.1 Å². The van der Waals surface area contributed by atoms with Crippen molar-refractivity contribution in [3.05, 3.63) is 0 Å². The monoisotopic (exact) mass is 156 g/mol. The maximum absolute atomic E-state index is 10.8. The van der Waals surface area contributed by atoms with E-state index in [0.29, 0.717) is 6.42 Å². The lowest BCUT2D eigenvalue weighted by atomic mass is 10.2. The first-order valence-electron chi connectivity index (χ1n) is 3.48. The quantitative estimate of drug-likeness (QED) is 0.534. The summed E-state index contributed by atoms with van der Waals surface area (Å²) in [5.41, 5.74) is 0. The van der Waals surface area contributed by atoms with Crippen LogP contribution in [0.15, 0.2) is 0 Å². The molecule has 1 fully saturated rings. The molecule has 1 N–H and O–H groups in total. The summed E-state index contributed by atoms with van der Waals surface area (Å²) in [7, 11) is 0. The van der Waals surface area contributed by atoms with Gasteiger partial charge in [0.1, 0.15) is 6.04 Å². The molecule has 0 bridgehead atoms. The van der Waals surface area contributed by atoms with Gasteiger partial charge in [0, 0.05) is 19.9 Å². The highest BCUT2D eigenvalue weighted by molar-refractivity contribution is 5.78. The fourth-order valence-electron chi connectivity index (χ4n) is 1.27. The van der Waals surface area contributed by atoms with Crippen molar-refractivity contribution in [2.24, 2.45) is 0 Å². The summed E-state index contributed by atoms with van der Waals surface area (Å²) in [5, 5.41) is 9.08. The molecule has 1 heterocycles. The molecule has 61 valence electrons. The lowest BCUT2D eigenvalue weighted by molar-refractivity contribution is -0.128. The van der Waals surface area contributed by atoms with Crippen LogP contribution in [0.25, 0.3) is 0 Å². The first-order valence-corrected chi connectivity index (χ1v) is 3.48. The van der Waals surface area contributed by atoms with Crippen LogP contribution in [0.4, 0.5) is 0 Å². The molecule has 0 aromatic rings. The largest absolute Gasteiger partial charge is 0.391 e. The Kier molecular flexibility index (Phi) is 2.24. The fourth-order valence-corrected chi connectivity index (χ4v) is 1.27. The molecule has 1 aliphatic heterocycles. The molecule has 1 saturated heterocycles. The van der Waals surface area contributed by atoms with Crippen molar-refractivity contribution in [2.75, 3.05) is 6.54 Å². The zero-order valence-corrected chi connectivity index (χ0v) is 6.28. The minimum absolute atomic E-state index is 0.185. The average molecular weight is 156 g/mol. The van der Waals surface area contributed by atoms with E-state index in [1.54, 1.807) is 6.29 Å². The van der Waals surface area contributed by atoms with Crippen LogP contribution in [0, 0.1) is 0 Å². The Balaban J connectivity index is 2.64. The van der Waals surface area contributed by atoms with Gasteiger partial charge in [-0.2, -0.15) is 0 Å². The minimum Gasteiger partial charge on any atom is -0.391 e. The lowest BCUT2D eigenvalue weighted by Gasteiger charge is -2.16. The first kappa shape index (κ1) is 8.20. The summed E-state index contributed by atoms with van der Waals surface area (Å²) in [5.74, 6) is -0.185. The van der Waals surface area contributed by atoms with Crippen molar-refractivity contribution >= 4 is 12.2 Å². The third kappa shape index (κ3) is 1.57. The van der Waals surface area contributed by atoms with Crippen molar-refractivity contribution < 1.29 is 14.7 Å². The van der Waals surface area contributed by atoms with Crippen molar-refractivity contribution in [2.45, 2.75) is 25.5 Å². The van der Waals surface area contributed by atoms with Crippen LogP contribution in [0.5, 0.6) is 0 Å². The summed E-state index contributed by atoms with van der Waals surface area (Å²) < 4.78 is 0. The number of aliphatic hydroxyl groups excluding tert-OH is 1. The van der Waals surface area contributed by atoms with Gasteiger partial charge in [-0.3, -0.25) is 9.59 Å². The molecule has 1 amide bonds. The summed E-state index contributed by atoms with van der Waals surface area (Å²) in [6.45, 7) is 1.64. The van der Waals surface area contributed by atoms with Crippen LogP contribution in [-0.4, -0.2) is 40.9 Å². The standard InChI is InChI=1S/C7H10NO3/c1-5(10)8-3-7(11)2-6(8)4-9/h6-7,11H,2-3H2,1H3/t6-,7?/m0/s1. The summed E-state index contributed by atoms with van der Waals surface area (Å²) in [4.78, 5) is 22.4. The second kappa shape index (κ2) is 3.00. The molecular formula is C7H10NO3. The second-order valence-corrected chi connectivity index (χ2v) is 2.69. The van der Waals surface area contributed by atoms with Crippen LogP contribution in [0.1, 0.15) is 13.3 Å². The fraction of sp³-hybridized carbons (Fsp3) is 0.714. The number of amides is 1. The Hall–Kier alpha value is -0.900. The van der Waals surface area contributed by atoms with Crippen LogP contribution in [-0.2, 0) is 9.59 Å². The van der Waals surface area contributed by atoms with E-state index in [-0.39, 0.29) is 12.5 Å². The molecule has 1 aliphatic rings. The Morgan fingerprint density at radius 3 is 2.73 bits per heavy atom. The van der Waals surface area contributed by atoms with Gasteiger partial charge in [0.15, 0.2) is 0 Å². The number of rotatable bonds is 1. The number of β-amino-alcohol motifs (C(OH)–C–C–N with tert-alkyl or cyclic N) is 1. The number of carbonyl (C=O) groups is 1. The van der Waals surface area contributed by atoms with E-state index in [1.807, 2.05) is 0 Å². The molecule has 1 rings (SSSR count). The highest BCUT2D eigenvalue weighted by Crippen LogP contribution is 2.15. The number of nitrogens with zero attached hydrogens (tertiary/aromatic N) is 1. The third-order valence-electron chi connectivity index (χ3n) is 1.82. The van der Waals surface area contributed by atoms with Crippen LogP contribution in [0.3, 0.4) is 0 Å². The molecule has 11 heavy (non-hydrogen) atoms. The maximum Gasteiger partial charge on any atom is 0.223 e. The zero-order valence-electron chi connectivity index (χ0n) is 6.28. The predicted octanol–water partition coefficient (Wildman–Crippen LogP) is -0.922. The molecular weight excluding hydrogens is 146 g/mol. The Morgan fingerprint density at radius 2 is 2.36 bits per heavy atom. The highest BCUT2D eigenvalue weighted by Gasteiger charge is 2.32. The lowest BCUT2D eigenvalue weighted by Crippen LogP contribution is -2.34. The predicted molar refractivity (Wildman–Crippen MR) is 37.5 cm³/mol. The van der Waals surface area contributed by atoms with Gasteiger partial charge in [-0.05, 0) is 0 Å². The Labute approximate surface area is 64.8 Å². The maximum atomic E-state index is 10.8. The van der Waals surface area contributed by atoms with Gasteiger partial charge in [-0.25, -0.2) is 0 Å². The number of carbonyl (C=O) groups excluding carboxylic acids is 2. The SMILES string of the molecule is CC(=O)N1CC(O)C[C@H]1[C]=O. The van der Waals surface area contributed by atoms with Crippen LogP contribution in [0.2, 0.25) is 0 Å². The smallest absolute Gasteiger partial charge is 0.223 e. The number of hydrogen-bond donors (Lipinski definition) is 1. The second-order valence-electron chi connectivity index (χ2n) is 2.69. The molecule has 4 heteroatoms. The van der Waals surface area contributed by atoms with E-state index in [2.05, 4.69) is 0 Å². The van der Waals surface area contributed by atoms with Gasteiger partial charge in [-0.1, -0.05) is 0 Å². The van der Waals surface area contributed by atoms with Gasteiger partial charge in [0.05, 0.1) is 6.10 Å². The number of aliphatic hydroxyl groups is 1. The van der Waals surface area contributed by atoms with Crippen molar-refractivity contribution in [3.8, 4) is 0 Å². The first-order chi connectivity index (χ1) is 5.15. The van der Waals surface area contributed by atoms with E-state index in [1.165, 1.54) is 11.8 Å². The van der Waals surface area contributed by atoms with E-state index in [0.717, 1.165) is 0 Å². The van der Waals surface area contributed by atoms with Gasteiger partial charge in [0.2, 0.25) is 12.2 Å². The topological polar surface area (TPSA) is 57.6 Å². The van der Waals surface area contributed by atoms with Crippen LogP contribution < -0.4 is 0 Å². The molecule has 0 aromatic heterocycles. The molecule has 1 radical (unpaired) electrons. The van der Waals surface area contributed by atoms with Crippen LogP contribution >= 0.6 is 0 Å². The number of hydrogen-bond acceptors (Lipinski definition) is 3. The molecule has 1 unspecified atom stereocenters. The summed E-state index contributed by atoms with van der Waals surface area (Å²) >= 11 is 0. The van der Waals surface area contributed by atoms with Crippen molar-refractivity contribution in [3.63, 3.8) is 0 Å². The van der Waals surface area contributed by atoms with Gasteiger partial charge < -0.3 is 10.0 Å². The highest BCUT2D eigenvalue weighted by atomic mass is 16.3. The van der Waals surface area contributed by atoms with Crippen molar-refractivity contribution in [1.82, 2.24) is 4.90 Å². The van der Waals surface area contributed by atoms with Crippen molar-refractivity contribution in [1.29, 1.82) is 0 Å². The molecule has 0 saturated carbocycles. The summed E-state index contributed by atoms with van der Waals surface area (Å²) in [6.07, 6.45) is 1.48. The molecule has 0 aromatic carbocycles. The third-order valence-corrected chi connectivity index (χ3v) is 1.82. The molecule has 2 atom stereocenters. The van der Waals surface area contributed by atoms with E-state index >= 15 is 0 Å². The normalized spacial score (nSPS) is 30.5. The minimum atomic E-state index is -0.564. The van der Waals surface area contributed by atoms with Gasteiger partial charge in [0.25, 0.3) is 0 Å². The van der Waals surface area contributed by atoms with Gasteiger partial charge >= 0.3 is 0 Å². The van der Waals surface area contributed by atoms with E-state index in [9.17, 15) is 9.59 Å². The zero-order chi connectivity index (χ0) is 8.43.